The maximum atomic E-state index is 12.6. The Balaban J connectivity index is 0.000000260. The molecule has 0 saturated carbocycles. The molecule has 6 rings (SSSR count). The number of likely N-dealkylation sites (tertiary alicyclic amines) is 2. The van der Waals surface area contributed by atoms with E-state index < -0.39 is 0 Å². The van der Waals surface area contributed by atoms with E-state index in [9.17, 15) is 9.59 Å². The van der Waals surface area contributed by atoms with Crippen molar-refractivity contribution in [1.29, 1.82) is 0 Å². The molecular weight excluding hydrogens is 739 g/mol. The molecule has 0 bridgehead atoms. The van der Waals surface area contributed by atoms with Crippen LogP contribution in [0.1, 0.15) is 46.0 Å². The quantitative estimate of drug-likeness (QED) is 0.105. The third-order valence-electron chi connectivity index (χ3n) is 9.52. The van der Waals surface area contributed by atoms with Crippen molar-refractivity contribution in [3.63, 3.8) is 0 Å². The van der Waals surface area contributed by atoms with Gasteiger partial charge in [-0.2, -0.15) is 0 Å². The van der Waals surface area contributed by atoms with Crippen molar-refractivity contribution in [2.24, 2.45) is 23.3 Å². The second-order valence-electron chi connectivity index (χ2n) is 12.7. The fourth-order valence-electron chi connectivity index (χ4n) is 6.61. The number of rotatable bonds is 8. The number of nitrogens with zero attached hydrogens (tertiary/aromatic N) is 4. The lowest BCUT2D eigenvalue weighted by molar-refractivity contribution is 0.173. The second-order valence-corrected chi connectivity index (χ2v) is 12.7. The van der Waals surface area contributed by atoms with E-state index in [2.05, 4.69) is 33.8 Å². The number of piperidine rings is 2. The van der Waals surface area contributed by atoms with E-state index in [1.54, 1.807) is 18.6 Å². The number of nitrogens with two attached hydrogens (primary N) is 2. The minimum Gasteiger partial charge on any atom is -0.327 e. The van der Waals surface area contributed by atoms with Crippen LogP contribution in [0.2, 0.25) is 0 Å². The Hall–Kier alpha value is -4.07. The fraction of sp³-hybridized carbons (Fsp3) is 0.385. The number of benzene rings is 2. The molecule has 2 aliphatic heterocycles. The molecule has 268 valence electrons. The summed E-state index contributed by atoms with van der Waals surface area (Å²) in [6, 6.07) is 17.6. The lowest BCUT2D eigenvalue weighted by Gasteiger charge is -2.34. The van der Waals surface area contributed by atoms with Crippen molar-refractivity contribution in [2.45, 2.75) is 58.0 Å². The Bertz CT molecular complexity index is 1690. The SMILES string of the molecule is C.C=CCC(N)C1CCN(C(=O)Nc2ccc3ncccc3c2)CC1.C=CCC(N)C1CCN(C(=O)Nc2cccc3cnccc23)CC1.I. The molecule has 6 N–H and O–H groups in total. The van der Waals surface area contributed by atoms with Crippen molar-refractivity contribution in [1.82, 2.24) is 19.8 Å². The Kier molecular flexibility index (Phi) is 16.1. The maximum absolute atomic E-state index is 12.6. The first kappa shape index (κ1) is 40.4. The smallest absolute Gasteiger partial charge is 0.321 e. The molecule has 0 aliphatic carbocycles. The molecule has 4 aromatic rings. The number of anilines is 2. The second kappa shape index (κ2) is 19.9. The van der Waals surface area contributed by atoms with Gasteiger partial charge in [-0.1, -0.05) is 37.8 Å². The van der Waals surface area contributed by atoms with Crippen molar-refractivity contribution in [3.05, 3.63) is 98.5 Å². The number of hydrogen-bond donors (Lipinski definition) is 4. The molecule has 2 aromatic heterocycles. The molecule has 2 aliphatic rings. The summed E-state index contributed by atoms with van der Waals surface area (Å²) in [4.78, 5) is 37.2. The minimum absolute atomic E-state index is 0. The van der Waals surface area contributed by atoms with Crippen molar-refractivity contribution < 1.29 is 9.59 Å². The summed E-state index contributed by atoms with van der Waals surface area (Å²) in [5.74, 6) is 0.939. The number of aromatic nitrogens is 2. The minimum atomic E-state index is -0.0472. The van der Waals surface area contributed by atoms with Crippen LogP contribution in [-0.4, -0.2) is 70.1 Å². The third kappa shape index (κ3) is 10.7. The van der Waals surface area contributed by atoms with Crippen LogP contribution >= 0.6 is 24.0 Å². The van der Waals surface area contributed by atoms with Gasteiger partial charge >= 0.3 is 12.1 Å². The van der Waals surface area contributed by atoms with E-state index in [0.29, 0.717) is 11.8 Å². The van der Waals surface area contributed by atoms with E-state index in [1.165, 1.54) is 0 Å². The predicted molar refractivity (Wildman–Crippen MR) is 218 cm³/mol. The van der Waals surface area contributed by atoms with Crippen LogP contribution in [-0.2, 0) is 0 Å². The maximum Gasteiger partial charge on any atom is 0.321 e. The van der Waals surface area contributed by atoms with Gasteiger partial charge in [0.15, 0.2) is 0 Å². The van der Waals surface area contributed by atoms with E-state index in [-0.39, 0.29) is 55.5 Å². The van der Waals surface area contributed by atoms with E-state index in [0.717, 1.165) is 97.8 Å². The number of amides is 4. The number of carbonyl (C=O) groups excluding carboxylic acids is 2. The highest BCUT2D eigenvalue weighted by Crippen LogP contribution is 2.26. The number of nitrogens with one attached hydrogen (secondary N) is 2. The number of hydrogen-bond acceptors (Lipinski definition) is 6. The monoisotopic (exact) mass is 792 g/mol. The van der Waals surface area contributed by atoms with Gasteiger partial charge in [-0.3, -0.25) is 9.97 Å². The molecule has 2 unspecified atom stereocenters. The van der Waals surface area contributed by atoms with E-state index in [4.69, 9.17) is 11.5 Å². The zero-order valence-corrected chi connectivity index (χ0v) is 30.4. The summed E-state index contributed by atoms with van der Waals surface area (Å²) < 4.78 is 0. The first-order chi connectivity index (χ1) is 23.4. The molecule has 2 saturated heterocycles. The Labute approximate surface area is 313 Å². The molecule has 0 spiro atoms. The molecular formula is C39H53IN8O2. The molecule has 4 amide bonds. The van der Waals surface area contributed by atoms with Gasteiger partial charge in [0.2, 0.25) is 0 Å². The molecule has 10 nitrogen and oxygen atoms in total. The fourth-order valence-corrected chi connectivity index (χ4v) is 6.61. The van der Waals surface area contributed by atoms with Crippen molar-refractivity contribution >= 4 is 69.1 Å². The van der Waals surface area contributed by atoms with E-state index in [1.807, 2.05) is 76.5 Å². The van der Waals surface area contributed by atoms with Crippen LogP contribution in [0.3, 0.4) is 0 Å². The molecule has 11 heteroatoms. The van der Waals surface area contributed by atoms with Gasteiger partial charge in [0.1, 0.15) is 0 Å². The Morgan fingerprint density at radius 3 is 1.98 bits per heavy atom. The summed E-state index contributed by atoms with van der Waals surface area (Å²) in [5.41, 5.74) is 14.9. The third-order valence-corrected chi connectivity index (χ3v) is 9.52. The van der Waals surface area contributed by atoms with Gasteiger partial charge in [-0.15, -0.1) is 37.1 Å². The highest BCUT2D eigenvalue weighted by atomic mass is 127. The lowest BCUT2D eigenvalue weighted by atomic mass is 9.88. The molecule has 0 radical (unpaired) electrons. The van der Waals surface area contributed by atoms with Gasteiger partial charge in [-0.25, -0.2) is 9.59 Å². The molecule has 2 atom stereocenters. The topological polar surface area (TPSA) is 142 Å². The largest absolute Gasteiger partial charge is 0.327 e. The number of pyridine rings is 2. The predicted octanol–water partition coefficient (Wildman–Crippen LogP) is 8.02. The van der Waals surface area contributed by atoms with Gasteiger partial charge in [0.25, 0.3) is 0 Å². The Morgan fingerprint density at radius 2 is 1.38 bits per heavy atom. The Morgan fingerprint density at radius 1 is 0.800 bits per heavy atom. The summed E-state index contributed by atoms with van der Waals surface area (Å²) in [6.07, 6.45) is 14.5. The number of fused-ring (bicyclic) bond motifs is 2. The van der Waals surface area contributed by atoms with Crippen LogP contribution in [0.25, 0.3) is 21.7 Å². The molecule has 50 heavy (non-hydrogen) atoms. The summed E-state index contributed by atoms with van der Waals surface area (Å²) >= 11 is 0. The van der Waals surface area contributed by atoms with E-state index >= 15 is 0 Å². The van der Waals surface area contributed by atoms with Gasteiger partial charge in [-0.05, 0) is 86.8 Å². The van der Waals surface area contributed by atoms with Crippen LogP contribution in [0.5, 0.6) is 0 Å². The first-order valence-electron chi connectivity index (χ1n) is 16.9. The van der Waals surface area contributed by atoms with Crippen LogP contribution in [0.4, 0.5) is 21.0 Å². The summed E-state index contributed by atoms with van der Waals surface area (Å²) in [6.45, 7) is 10.5. The van der Waals surface area contributed by atoms with Crippen LogP contribution in [0, 0.1) is 11.8 Å². The zero-order chi connectivity index (χ0) is 33.9. The summed E-state index contributed by atoms with van der Waals surface area (Å²) in [5, 5.41) is 9.06. The van der Waals surface area contributed by atoms with Crippen molar-refractivity contribution in [2.75, 3.05) is 36.8 Å². The lowest BCUT2D eigenvalue weighted by Crippen LogP contribution is -2.44. The number of carbonyl (C=O) groups is 2. The van der Waals surface area contributed by atoms with Crippen molar-refractivity contribution in [3.8, 4) is 0 Å². The highest BCUT2D eigenvalue weighted by molar-refractivity contribution is 14.0. The molecule has 4 heterocycles. The van der Waals surface area contributed by atoms with Gasteiger partial charge < -0.3 is 31.9 Å². The molecule has 2 aromatic carbocycles. The average molecular weight is 793 g/mol. The van der Waals surface area contributed by atoms with Gasteiger partial charge in [0.05, 0.1) is 11.2 Å². The van der Waals surface area contributed by atoms with Crippen LogP contribution < -0.4 is 22.1 Å². The zero-order valence-electron chi connectivity index (χ0n) is 28.0. The highest BCUT2D eigenvalue weighted by Gasteiger charge is 2.27. The summed E-state index contributed by atoms with van der Waals surface area (Å²) in [7, 11) is 0. The normalized spacial score (nSPS) is 16.1. The van der Waals surface area contributed by atoms with Gasteiger partial charge in [0, 0.05) is 78.7 Å². The number of urea groups is 2. The molecule has 2 fully saturated rings. The standard InChI is InChI=1S/2C19H24N4O.CH4.HI/c1-2-4-17(20)14-8-11-23(12-9-14)19(24)22-16-6-7-18-15(13-16)5-3-10-21-18;1-2-4-17(20)14-8-11-23(12-9-14)19(24)22-18-6-3-5-15-13-21-10-7-16(15)18;;/h2*2-3,5-7,10,13-14,17H,1,4,8-9,11-12,20H2,(H,22,24);1H4;1H. The van der Waals surface area contributed by atoms with Crippen LogP contribution in [0.15, 0.2) is 98.5 Å². The number of halogens is 1. The first-order valence-corrected chi connectivity index (χ1v) is 16.9. The average Bonchev–Trinajstić information content (AvgIpc) is 3.12.